The van der Waals surface area contributed by atoms with Crippen LogP contribution in [0.5, 0.6) is 0 Å². The van der Waals surface area contributed by atoms with Gasteiger partial charge in [-0.3, -0.25) is 9.59 Å². The van der Waals surface area contributed by atoms with E-state index in [2.05, 4.69) is 0 Å². The summed E-state index contributed by atoms with van der Waals surface area (Å²) in [5.41, 5.74) is 1.57. The number of esters is 1. The third-order valence-electron chi connectivity index (χ3n) is 5.02. The summed E-state index contributed by atoms with van der Waals surface area (Å²) in [7, 11) is 0. The molecule has 1 unspecified atom stereocenters. The standard InChI is InChI=1S/C24H20O3S/c1-17-10-8-9-15-21(17)28-22-20(25)16-24(27-23(22)26,18-11-4-2-5-12-18)19-13-6-3-7-14-19/h2-15,22H,16H2,1H3. The first-order valence-corrected chi connectivity index (χ1v) is 10.1. The van der Waals surface area contributed by atoms with Crippen LogP contribution >= 0.6 is 11.8 Å². The van der Waals surface area contributed by atoms with Crippen molar-refractivity contribution in [3.63, 3.8) is 0 Å². The predicted molar refractivity (Wildman–Crippen MR) is 110 cm³/mol. The maximum absolute atomic E-state index is 13.2. The van der Waals surface area contributed by atoms with Crippen LogP contribution in [0.1, 0.15) is 23.1 Å². The summed E-state index contributed by atoms with van der Waals surface area (Å²) < 4.78 is 6.06. The van der Waals surface area contributed by atoms with Gasteiger partial charge in [0.05, 0.1) is 6.42 Å². The highest BCUT2D eigenvalue weighted by atomic mass is 32.2. The van der Waals surface area contributed by atoms with Crippen LogP contribution in [0, 0.1) is 6.92 Å². The zero-order valence-electron chi connectivity index (χ0n) is 15.5. The van der Waals surface area contributed by atoms with Gasteiger partial charge in [-0.15, -0.1) is 11.8 Å². The smallest absolute Gasteiger partial charge is 0.328 e. The minimum Gasteiger partial charge on any atom is -0.448 e. The molecule has 0 aliphatic carbocycles. The quantitative estimate of drug-likeness (QED) is 0.470. The number of ketones is 1. The Kier molecular flexibility index (Phi) is 5.05. The minimum atomic E-state index is -1.08. The number of aryl methyl sites for hydroxylation is 1. The lowest BCUT2D eigenvalue weighted by molar-refractivity contribution is -0.165. The lowest BCUT2D eigenvalue weighted by Crippen LogP contribution is -2.48. The van der Waals surface area contributed by atoms with Crippen molar-refractivity contribution in [1.82, 2.24) is 0 Å². The van der Waals surface area contributed by atoms with Crippen molar-refractivity contribution < 1.29 is 14.3 Å². The molecule has 1 fully saturated rings. The van der Waals surface area contributed by atoms with Crippen LogP contribution in [-0.4, -0.2) is 17.0 Å². The third-order valence-corrected chi connectivity index (χ3v) is 6.43. The van der Waals surface area contributed by atoms with Crippen molar-refractivity contribution in [3.05, 3.63) is 102 Å². The zero-order valence-corrected chi connectivity index (χ0v) is 16.3. The molecule has 3 nitrogen and oxygen atoms in total. The normalized spacial score (nSPS) is 18.5. The molecule has 0 amide bonds. The Morgan fingerprint density at radius 2 is 1.36 bits per heavy atom. The topological polar surface area (TPSA) is 43.4 Å². The molecule has 140 valence electrons. The summed E-state index contributed by atoms with van der Waals surface area (Å²) in [6, 6.07) is 26.8. The molecule has 0 saturated carbocycles. The van der Waals surface area contributed by atoms with Crippen LogP contribution in [0.15, 0.2) is 89.8 Å². The molecular weight excluding hydrogens is 368 g/mol. The first-order valence-electron chi connectivity index (χ1n) is 9.19. The van der Waals surface area contributed by atoms with Crippen LogP contribution in [-0.2, 0) is 19.9 Å². The number of benzene rings is 3. The van der Waals surface area contributed by atoms with Crippen molar-refractivity contribution in [3.8, 4) is 0 Å². The summed E-state index contributed by atoms with van der Waals surface area (Å²) >= 11 is 1.27. The molecule has 4 heteroatoms. The van der Waals surface area contributed by atoms with Gasteiger partial charge in [-0.1, -0.05) is 78.9 Å². The Labute approximate surface area is 168 Å². The van der Waals surface area contributed by atoms with Gasteiger partial charge in [0.25, 0.3) is 0 Å². The SMILES string of the molecule is Cc1ccccc1SC1C(=O)CC(c2ccccc2)(c2ccccc2)OC1=O. The summed E-state index contributed by atoms with van der Waals surface area (Å²) in [6.07, 6.45) is 0.121. The van der Waals surface area contributed by atoms with Gasteiger partial charge in [0.1, 0.15) is 0 Å². The molecule has 0 spiro atoms. The van der Waals surface area contributed by atoms with Crippen LogP contribution in [0.4, 0.5) is 0 Å². The molecule has 0 aromatic heterocycles. The van der Waals surface area contributed by atoms with E-state index < -0.39 is 16.8 Å². The maximum atomic E-state index is 13.2. The molecule has 1 aliphatic rings. The Balaban J connectivity index is 1.71. The van der Waals surface area contributed by atoms with E-state index in [0.29, 0.717) is 0 Å². The zero-order chi connectivity index (χ0) is 19.6. The number of Topliss-reactive ketones (excluding diaryl/α,β-unsaturated/α-hetero) is 1. The van der Waals surface area contributed by atoms with E-state index in [1.54, 1.807) is 0 Å². The molecular formula is C24H20O3S. The number of hydrogen-bond acceptors (Lipinski definition) is 4. The molecule has 0 bridgehead atoms. The van der Waals surface area contributed by atoms with E-state index in [4.69, 9.17) is 4.74 Å². The number of carbonyl (C=O) groups excluding carboxylic acids is 2. The summed E-state index contributed by atoms with van der Waals surface area (Å²) in [5, 5.41) is -0.846. The molecule has 1 aliphatic heterocycles. The lowest BCUT2D eigenvalue weighted by Gasteiger charge is -2.39. The summed E-state index contributed by atoms with van der Waals surface area (Å²) in [5.74, 6) is -0.602. The molecule has 0 N–H and O–H groups in total. The van der Waals surface area contributed by atoms with E-state index in [0.717, 1.165) is 21.6 Å². The molecule has 1 atom stereocenters. The third kappa shape index (κ3) is 3.36. The first kappa shape index (κ1) is 18.5. The molecule has 4 rings (SSSR count). The summed E-state index contributed by atoms with van der Waals surface area (Å²) in [6.45, 7) is 1.97. The Morgan fingerprint density at radius 3 is 1.89 bits per heavy atom. The number of rotatable bonds is 4. The van der Waals surface area contributed by atoms with E-state index in [-0.39, 0.29) is 12.2 Å². The maximum Gasteiger partial charge on any atom is 0.328 e. The molecule has 3 aromatic carbocycles. The second-order valence-corrected chi connectivity index (χ2v) is 8.03. The fourth-order valence-electron chi connectivity index (χ4n) is 3.56. The monoisotopic (exact) mass is 388 g/mol. The first-order chi connectivity index (χ1) is 13.6. The van der Waals surface area contributed by atoms with Crippen LogP contribution in [0.3, 0.4) is 0 Å². The fourth-order valence-corrected chi connectivity index (χ4v) is 4.59. The average Bonchev–Trinajstić information content (AvgIpc) is 2.73. The van der Waals surface area contributed by atoms with Crippen molar-refractivity contribution in [2.24, 2.45) is 0 Å². The number of ether oxygens (including phenoxy) is 1. The van der Waals surface area contributed by atoms with E-state index in [9.17, 15) is 9.59 Å². The molecule has 1 heterocycles. The Bertz CT molecular complexity index is 939. The van der Waals surface area contributed by atoms with E-state index in [1.807, 2.05) is 91.9 Å². The Hall–Kier alpha value is -2.85. The number of cyclic esters (lactones) is 1. The number of thioether (sulfide) groups is 1. The fraction of sp³-hybridized carbons (Fsp3) is 0.167. The largest absolute Gasteiger partial charge is 0.448 e. The molecule has 28 heavy (non-hydrogen) atoms. The number of carbonyl (C=O) groups is 2. The van der Waals surface area contributed by atoms with Crippen molar-refractivity contribution in [2.75, 3.05) is 0 Å². The second-order valence-electron chi connectivity index (χ2n) is 6.89. The second kappa shape index (κ2) is 7.64. The highest BCUT2D eigenvalue weighted by Crippen LogP contribution is 2.43. The van der Waals surface area contributed by atoms with Gasteiger partial charge in [0, 0.05) is 16.0 Å². The van der Waals surface area contributed by atoms with Crippen molar-refractivity contribution in [1.29, 1.82) is 0 Å². The predicted octanol–water partition coefficient (Wildman–Crippen LogP) is 4.92. The van der Waals surface area contributed by atoms with Gasteiger partial charge in [0.15, 0.2) is 16.6 Å². The van der Waals surface area contributed by atoms with E-state index in [1.165, 1.54) is 11.8 Å². The molecule has 1 saturated heterocycles. The van der Waals surface area contributed by atoms with Gasteiger partial charge in [0.2, 0.25) is 0 Å². The lowest BCUT2D eigenvalue weighted by atomic mass is 9.80. The van der Waals surface area contributed by atoms with Crippen LogP contribution < -0.4 is 0 Å². The average molecular weight is 388 g/mol. The highest BCUT2D eigenvalue weighted by molar-refractivity contribution is 8.01. The van der Waals surface area contributed by atoms with Gasteiger partial charge >= 0.3 is 5.97 Å². The van der Waals surface area contributed by atoms with Crippen molar-refractivity contribution in [2.45, 2.75) is 29.1 Å². The molecule has 3 aromatic rings. The Morgan fingerprint density at radius 1 is 0.821 bits per heavy atom. The van der Waals surface area contributed by atoms with Crippen molar-refractivity contribution >= 4 is 23.5 Å². The van der Waals surface area contributed by atoms with Gasteiger partial charge in [-0.05, 0) is 18.6 Å². The van der Waals surface area contributed by atoms with E-state index >= 15 is 0 Å². The summed E-state index contributed by atoms with van der Waals surface area (Å²) in [4.78, 5) is 27.1. The van der Waals surface area contributed by atoms with Gasteiger partial charge in [-0.25, -0.2) is 0 Å². The van der Waals surface area contributed by atoms with Gasteiger partial charge in [-0.2, -0.15) is 0 Å². The van der Waals surface area contributed by atoms with Gasteiger partial charge < -0.3 is 4.74 Å². The molecule has 0 radical (unpaired) electrons. The van der Waals surface area contributed by atoms with Crippen LogP contribution in [0.2, 0.25) is 0 Å². The highest BCUT2D eigenvalue weighted by Gasteiger charge is 2.49. The minimum absolute atomic E-state index is 0.114. The van der Waals surface area contributed by atoms with Crippen LogP contribution in [0.25, 0.3) is 0 Å². The number of hydrogen-bond donors (Lipinski definition) is 0.